The van der Waals surface area contributed by atoms with Crippen molar-refractivity contribution in [2.45, 2.75) is 65.0 Å². The molecule has 0 heterocycles. The average Bonchev–Trinajstić information content (AvgIpc) is 2.14. The van der Waals surface area contributed by atoms with Gasteiger partial charge in [0.15, 0.2) is 0 Å². The Hall–Kier alpha value is -0.590. The van der Waals surface area contributed by atoms with E-state index in [9.17, 15) is 0 Å². The van der Waals surface area contributed by atoms with E-state index < -0.39 is 5.54 Å². The van der Waals surface area contributed by atoms with Crippen molar-refractivity contribution >= 4 is 0 Å². The molecule has 3 atom stereocenters. The molecule has 0 aliphatic heterocycles. The van der Waals surface area contributed by atoms with E-state index in [1.807, 2.05) is 0 Å². The quantitative estimate of drug-likeness (QED) is 0.819. The zero-order chi connectivity index (χ0) is 13.1. The number of nitrogens with two attached hydrogens (primary N) is 1. The van der Waals surface area contributed by atoms with Crippen LogP contribution in [0.25, 0.3) is 0 Å². The highest BCUT2D eigenvalue weighted by Crippen LogP contribution is 2.39. The van der Waals surface area contributed by atoms with E-state index in [1.165, 1.54) is 6.42 Å². The summed E-state index contributed by atoms with van der Waals surface area (Å²) in [5.74, 6) is 0.726. The van der Waals surface area contributed by atoms with Gasteiger partial charge in [-0.1, -0.05) is 20.8 Å². The van der Waals surface area contributed by atoms with Crippen LogP contribution in [0.1, 0.15) is 53.4 Å². The fourth-order valence-electron chi connectivity index (χ4n) is 2.88. The summed E-state index contributed by atoms with van der Waals surface area (Å²) in [6.45, 7) is 9.25. The summed E-state index contributed by atoms with van der Waals surface area (Å²) < 4.78 is 5.90. The number of nitriles is 1. The van der Waals surface area contributed by atoms with Gasteiger partial charge < -0.3 is 10.5 Å². The SMILES string of the molecule is CC1CC(OCCC(C)(N)C#N)CC(C)(C)C1. The fraction of sp³-hybridized carbons (Fsp3) is 0.929. The zero-order valence-electron chi connectivity index (χ0n) is 11.6. The highest BCUT2D eigenvalue weighted by Gasteiger charge is 2.32. The Morgan fingerprint density at radius 3 is 2.65 bits per heavy atom. The molecule has 3 heteroatoms. The lowest BCUT2D eigenvalue weighted by molar-refractivity contribution is -0.0261. The molecule has 1 aliphatic carbocycles. The third-order valence-corrected chi connectivity index (χ3v) is 3.58. The van der Waals surface area contributed by atoms with Crippen molar-refractivity contribution < 1.29 is 4.74 Å². The van der Waals surface area contributed by atoms with E-state index in [4.69, 9.17) is 15.7 Å². The van der Waals surface area contributed by atoms with Crippen molar-refractivity contribution in [3.63, 3.8) is 0 Å². The molecule has 1 rings (SSSR count). The standard InChI is InChI=1S/C14H26N2O/c1-11-7-12(9-13(2,3)8-11)17-6-5-14(4,16)10-15/h11-12H,5-9,16H2,1-4H3. The normalized spacial score (nSPS) is 31.5. The second-order valence-corrected chi connectivity index (χ2v) is 6.69. The summed E-state index contributed by atoms with van der Waals surface area (Å²) >= 11 is 0. The number of hydrogen-bond acceptors (Lipinski definition) is 3. The van der Waals surface area contributed by atoms with E-state index >= 15 is 0 Å². The monoisotopic (exact) mass is 238 g/mol. The molecular formula is C14H26N2O. The lowest BCUT2D eigenvalue weighted by atomic mass is 9.71. The van der Waals surface area contributed by atoms with Gasteiger partial charge in [-0.05, 0) is 37.5 Å². The van der Waals surface area contributed by atoms with Crippen molar-refractivity contribution in [2.24, 2.45) is 17.1 Å². The number of ether oxygens (including phenoxy) is 1. The topological polar surface area (TPSA) is 59.0 Å². The van der Waals surface area contributed by atoms with Gasteiger partial charge in [0.25, 0.3) is 0 Å². The van der Waals surface area contributed by atoms with Crippen LogP contribution in [0.4, 0.5) is 0 Å². The molecule has 0 spiro atoms. The lowest BCUT2D eigenvalue weighted by Crippen LogP contribution is -2.37. The largest absolute Gasteiger partial charge is 0.378 e. The van der Waals surface area contributed by atoms with E-state index in [2.05, 4.69) is 26.8 Å². The molecule has 1 fully saturated rings. The smallest absolute Gasteiger partial charge is 0.103 e. The first kappa shape index (κ1) is 14.5. The van der Waals surface area contributed by atoms with Crippen molar-refractivity contribution in [2.75, 3.05) is 6.61 Å². The molecule has 0 aromatic carbocycles. The Labute approximate surface area is 105 Å². The molecule has 0 saturated heterocycles. The molecule has 0 aromatic heterocycles. The summed E-state index contributed by atoms with van der Waals surface area (Å²) in [6.07, 6.45) is 4.47. The van der Waals surface area contributed by atoms with Gasteiger partial charge in [-0.15, -0.1) is 0 Å². The fourth-order valence-corrected chi connectivity index (χ4v) is 2.88. The van der Waals surface area contributed by atoms with Gasteiger partial charge in [-0.3, -0.25) is 0 Å². The van der Waals surface area contributed by atoms with Gasteiger partial charge in [0.1, 0.15) is 5.54 Å². The molecule has 0 bridgehead atoms. The predicted molar refractivity (Wildman–Crippen MR) is 69.4 cm³/mol. The minimum atomic E-state index is -0.754. The zero-order valence-corrected chi connectivity index (χ0v) is 11.6. The second kappa shape index (κ2) is 5.37. The Morgan fingerprint density at radius 2 is 2.12 bits per heavy atom. The molecule has 17 heavy (non-hydrogen) atoms. The first-order valence-corrected chi connectivity index (χ1v) is 6.56. The molecule has 3 nitrogen and oxygen atoms in total. The first-order chi connectivity index (χ1) is 7.74. The minimum Gasteiger partial charge on any atom is -0.378 e. The molecule has 2 N–H and O–H groups in total. The van der Waals surface area contributed by atoms with Crippen LogP contribution in [0.3, 0.4) is 0 Å². The predicted octanol–water partition coefficient (Wildman–Crippen LogP) is 2.85. The summed E-state index contributed by atoms with van der Waals surface area (Å²) in [5.41, 5.74) is 5.40. The lowest BCUT2D eigenvalue weighted by Gasteiger charge is -2.39. The van der Waals surface area contributed by atoms with Crippen LogP contribution < -0.4 is 5.73 Å². The maximum absolute atomic E-state index is 8.83. The van der Waals surface area contributed by atoms with Crippen LogP contribution in [0.2, 0.25) is 0 Å². The summed E-state index contributed by atoms with van der Waals surface area (Å²) in [4.78, 5) is 0. The van der Waals surface area contributed by atoms with Gasteiger partial charge in [-0.25, -0.2) is 0 Å². The van der Waals surface area contributed by atoms with Crippen molar-refractivity contribution in [1.29, 1.82) is 5.26 Å². The van der Waals surface area contributed by atoms with Crippen molar-refractivity contribution in [3.05, 3.63) is 0 Å². The van der Waals surface area contributed by atoms with Gasteiger partial charge in [0.05, 0.1) is 12.2 Å². The van der Waals surface area contributed by atoms with Crippen LogP contribution in [-0.2, 0) is 4.74 Å². The molecule has 1 saturated carbocycles. The average molecular weight is 238 g/mol. The van der Waals surface area contributed by atoms with Crippen LogP contribution in [0.5, 0.6) is 0 Å². The Kier molecular flexibility index (Phi) is 4.57. The van der Waals surface area contributed by atoms with Crippen molar-refractivity contribution in [3.8, 4) is 6.07 Å². The molecule has 98 valence electrons. The highest BCUT2D eigenvalue weighted by atomic mass is 16.5. The van der Waals surface area contributed by atoms with Gasteiger partial charge in [0, 0.05) is 13.0 Å². The van der Waals surface area contributed by atoms with Crippen LogP contribution in [0.15, 0.2) is 0 Å². The Morgan fingerprint density at radius 1 is 1.47 bits per heavy atom. The minimum absolute atomic E-state index is 0.336. The molecular weight excluding hydrogens is 212 g/mol. The molecule has 1 aliphatic rings. The van der Waals surface area contributed by atoms with E-state index in [0.717, 1.165) is 18.8 Å². The maximum atomic E-state index is 8.83. The molecule has 0 amide bonds. The number of hydrogen-bond donors (Lipinski definition) is 1. The summed E-state index contributed by atoms with van der Waals surface area (Å²) in [7, 11) is 0. The van der Waals surface area contributed by atoms with Crippen LogP contribution >= 0.6 is 0 Å². The molecule has 0 radical (unpaired) electrons. The van der Waals surface area contributed by atoms with Gasteiger partial charge >= 0.3 is 0 Å². The van der Waals surface area contributed by atoms with E-state index in [1.54, 1.807) is 6.92 Å². The van der Waals surface area contributed by atoms with Gasteiger partial charge in [-0.2, -0.15) is 5.26 Å². The van der Waals surface area contributed by atoms with Crippen LogP contribution in [-0.4, -0.2) is 18.2 Å². The Bertz CT molecular complexity index is 291. The van der Waals surface area contributed by atoms with Gasteiger partial charge in [0.2, 0.25) is 0 Å². The molecule has 0 aromatic rings. The summed E-state index contributed by atoms with van der Waals surface area (Å²) in [5, 5.41) is 8.83. The Balaban J connectivity index is 2.35. The maximum Gasteiger partial charge on any atom is 0.103 e. The molecule has 3 unspecified atom stereocenters. The van der Waals surface area contributed by atoms with E-state index in [-0.39, 0.29) is 0 Å². The van der Waals surface area contributed by atoms with Crippen LogP contribution in [0, 0.1) is 22.7 Å². The summed E-state index contributed by atoms with van der Waals surface area (Å²) in [6, 6.07) is 2.10. The van der Waals surface area contributed by atoms with E-state index in [0.29, 0.717) is 24.5 Å². The third-order valence-electron chi connectivity index (χ3n) is 3.58. The second-order valence-electron chi connectivity index (χ2n) is 6.69. The number of rotatable bonds is 4. The number of nitrogens with zero attached hydrogens (tertiary/aromatic N) is 1. The van der Waals surface area contributed by atoms with Crippen molar-refractivity contribution in [1.82, 2.24) is 0 Å². The third kappa shape index (κ3) is 5.06. The first-order valence-electron chi connectivity index (χ1n) is 6.56. The highest BCUT2D eigenvalue weighted by molar-refractivity contribution is 5.00.